The summed E-state index contributed by atoms with van der Waals surface area (Å²) >= 11 is 0. The molecule has 2 rings (SSSR count). The van der Waals surface area contributed by atoms with Gasteiger partial charge < -0.3 is 20.7 Å². The average Bonchev–Trinajstić information content (AvgIpc) is 3.42. The van der Waals surface area contributed by atoms with Crippen molar-refractivity contribution in [1.29, 1.82) is 0 Å². The highest BCUT2D eigenvalue weighted by Crippen LogP contribution is 2.30. The summed E-state index contributed by atoms with van der Waals surface area (Å²) < 4.78 is 6.02. The summed E-state index contributed by atoms with van der Waals surface area (Å²) in [4.78, 5) is 16.4. The summed E-state index contributed by atoms with van der Waals surface area (Å²) in [5, 5.41) is 9.34. The lowest BCUT2D eigenvalue weighted by Gasteiger charge is -2.14. The van der Waals surface area contributed by atoms with Gasteiger partial charge in [-0.2, -0.15) is 0 Å². The number of nitrogens with one attached hydrogen (secondary N) is 3. The van der Waals surface area contributed by atoms with E-state index in [0.29, 0.717) is 25.5 Å². The van der Waals surface area contributed by atoms with Crippen molar-refractivity contribution in [3.63, 3.8) is 0 Å². The molecular formula is C21H35IN4O2. The fourth-order valence-corrected chi connectivity index (χ4v) is 2.61. The van der Waals surface area contributed by atoms with Crippen molar-refractivity contribution >= 4 is 35.8 Å². The van der Waals surface area contributed by atoms with E-state index in [9.17, 15) is 4.79 Å². The number of nitrogens with zero attached hydrogens (tertiary/aromatic N) is 1. The molecule has 0 saturated heterocycles. The Morgan fingerprint density at radius 3 is 2.68 bits per heavy atom. The number of ether oxygens (including phenoxy) is 1. The van der Waals surface area contributed by atoms with Crippen LogP contribution in [0.15, 0.2) is 23.2 Å². The molecule has 1 amide bonds. The summed E-state index contributed by atoms with van der Waals surface area (Å²) in [5.74, 6) is 2.40. The molecule has 1 aliphatic carbocycles. The van der Waals surface area contributed by atoms with Crippen LogP contribution in [0.4, 0.5) is 0 Å². The van der Waals surface area contributed by atoms with Gasteiger partial charge in [-0.15, -0.1) is 24.0 Å². The van der Waals surface area contributed by atoms with E-state index in [2.05, 4.69) is 46.1 Å². The SMILES string of the molecule is CCNC(=NCc1ccc(C)cc1OCC1CC1)NCCC(=O)NC(C)C.I. The van der Waals surface area contributed by atoms with Crippen LogP contribution in [-0.4, -0.2) is 37.6 Å². The van der Waals surface area contributed by atoms with Crippen molar-refractivity contribution in [3.05, 3.63) is 29.3 Å². The number of rotatable bonds is 10. The molecule has 6 nitrogen and oxygen atoms in total. The Morgan fingerprint density at radius 2 is 2.04 bits per heavy atom. The molecule has 158 valence electrons. The lowest BCUT2D eigenvalue weighted by molar-refractivity contribution is -0.121. The van der Waals surface area contributed by atoms with E-state index in [-0.39, 0.29) is 35.9 Å². The topological polar surface area (TPSA) is 74.8 Å². The quantitative estimate of drug-likeness (QED) is 0.261. The molecule has 0 aromatic heterocycles. The average molecular weight is 502 g/mol. The summed E-state index contributed by atoms with van der Waals surface area (Å²) in [6.45, 7) is 10.7. The second kappa shape index (κ2) is 12.9. The zero-order valence-electron chi connectivity index (χ0n) is 17.5. The molecule has 0 radical (unpaired) electrons. The van der Waals surface area contributed by atoms with Gasteiger partial charge in [0, 0.05) is 31.1 Å². The summed E-state index contributed by atoms with van der Waals surface area (Å²) in [5.41, 5.74) is 2.27. The van der Waals surface area contributed by atoms with Crippen molar-refractivity contribution in [3.8, 4) is 5.75 Å². The Labute approximate surface area is 186 Å². The summed E-state index contributed by atoms with van der Waals surface area (Å²) in [6.07, 6.45) is 2.97. The van der Waals surface area contributed by atoms with E-state index in [1.54, 1.807) is 0 Å². The second-order valence-corrected chi connectivity index (χ2v) is 7.46. The molecule has 0 atom stereocenters. The van der Waals surface area contributed by atoms with Crippen molar-refractivity contribution < 1.29 is 9.53 Å². The van der Waals surface area contributed by atoms with Crippen LogP contribution in [0.2, 0.25) is 0 Å². The van der Waals surface area contributed by atoms with Gasteiger partial charge in [0.15, 0.2) is 5.96 Å². The Balaban J connectivity index is 0.00000392. The maximum Gasteiger partial charge on any atom is 0.221 e. The van der Waals surface area contributed by atoms with E-state index in [1.807, 2.05) is 20.8 Å². The van der Waals surface area contributed by atoms with Gasteiger partial charge in [-0.05, 0) is 58.1 Å². The van der Waals surface area contributed by atoms with Crippen LogP contribution < -0.4 is 20.7 Å². The van der Waals surface area contributed by atoms with E-state index in [4.69, 9.17) is 4.74 Å². The van der Waals surface area contributed by atoms with Crippen LogP contribution in [0.25, 0.3) is 0 Å². The number of halogens is 1. The van der Waals surface area contributed by atoms with Crippen molar-refractivity contribution in [2.75, 3.05) is 19.7 Å². The molecule has 0 aliphatic heterocycles. The molecule has 3 N–H and O–H groups in total. The van der Waals surface area contributed by atoms with Gasteiger partial charge in [0.1, 0.15) is 5.75 Å². The van der Waals surface area contributed by atoms with Gasteiger partial charge >= 0.3 is 0 Å². The third-order valence-electron chi connectivity index (χ3n) is 4.24. The lowest BCUT2D eigenvalue weighted by atomic mass is 10.1. The first kappa shape index (κ1) is 24.5. The van der Waals surface area contributed by atoms with Crippen molar-refractivity contribution in [2.45, 2.75) is 59.5 Å². The maximum absolute atomic E-state index is 11.8. The Kier molecular flexibility index (Phi) is 11.3. The number of aryl methyl sites for hydroxylation is 1. The first-order valence-electron chi connectivity index (χ1n) is 10.0. The van der Waals surface area contributed by atoms with Crippen molar-refractivity contribution in [2.24, 2.45) is 10.9 Å². The highest BCUT2D eigenvalue weighted by Gasteiger charge is 2.22. The number of benzene rings is 1. The predicted octanol–water partition coefficient (Wildman–Crippen LogP) is 3.37. The molecule has 0 unspecified atom stereocenters. The minimum absolute atomic E-state index is 0. The van der Waals surface area contributed by atoms with Crippen LogP contribution in [0, 0.1) is 12.8 Å². The van der Waals surface area contributed by atoms with Crippen LogP contribution in [0.1, 0.15) is 51.2 Å². The normalized spacial score (nSPS) is 13.7. The predicted molar refractivity (Wildman–Crippen MR) is 126 cm³/mol. The molecule has 0 heterocycles. The molecule has 0 bridgehead atoms. The minimum atomic E-state index is 0. The third kappa shape index (κ3) is 9.61. The highest BCUT2D eigenvalue weighted by molar-refractivity contribution is 14.0. The molecule has 1 saturated carbocycles. The molecule has 1 aromatic carbocycles. The summed E-state index contributed by atoms with van der Waals surface area (Å²) in [6, 6.07) is 6.42. The largest absolute Gasteiger partial charge is 0.493 e. The van der Waals surface area contributed by atoms with Gasteiger partial charge in [-0.3, -0.25) is 4.79 Å². The van der Waals surface area contributed by atoms with Crippen LogP contribution >= 0.6 is 24.0 Å². The first-order chi connectivity index (χ1) is 13.0. The third-order valence-corrected chi connectivity index (χ3v) is 4.24. The smallest absolute Gasteiger partial charge is 0.221 e. The molecule has 1 fully saturated rings. The summed E-state index contributed by atoms with van der Waals surface area (Å²) in [7, 11) is 0. The van der Waals surface area contributed by atoms with Crippen LogP contribution in [0.5, 0.6) is 5.75 Å². The number of hydrogen-bond donors (Lipinski definition) is 3. The van der Waals surface area contributed by atoms with Gasteiger partial charge in [-0.25, -0.2) is 4.99 Å². The number of hydrogen-bond acceptors (Lipinski definition) is 3. The molecule has 1 aliphatic rings. The maximum atomic E-state index is 11.8. The first-order valence-corrected chi connectivity index (χ1v) is 10.0. The van der Waals surface area contributed by atoms with Gasteiger partial charge in [0.2, 0.25) is 5.91 Å². The molecular weight excluding hydrogens is 467 g/mol. The zero-order chi connectivity index (χ0) is 19.6. The highest BCUT2D eigenvalue weighted by atomic mass is 127. The van der Waals surface area contributed by atoms with E-state index in [0.717, 1.165) is 30.4 Å². The number of carbonyl (C=O) groups excluding carboxylic acids is 1. The van der Waals surface area contributed by atoms with Crippen LogP contribution in [0.3, 0.4) is 0 Å². The fraction of sp³-hybridized carbons (Fsp3) is 0.619. The molecule has 7 heteroatoms. The van der Waals surface area contributed by atoms with E-state index in [1.165, 1.54) is 18.4 Å². The minimum Gasteiger partial charge on any atom is -0.493 e. The lowest BCUT2D eigenvalue weighted by Crippen LogP contribution is -2.40. The number of aliphatic imine (C=N–C) groups is 1. The van der Waals surface area contributed by atoms with Gasteiger partial charge in [0.25, 0.3) is 0 Å². The van der Waals surface area contributed by atoms with Crippen molar-refractivity contribution in [1.82, 2.24) is 16.0 Å². The Morgan fingerprint density at radius 1 is 1.29 bits per heavy atom. The van der Waals surface area contributed by atoms with Crippen LogP contribution in [-0.2, 0) is 11.3 Å². The zero-order valence-corrected chi connectivity index (χ0v) is 19.8. The van der Waals surface area contributed by atoms with E-state index >= 15 is 0 Å². The standard InChI is InChI=1S/C21H34N4O2.HI/c1-5-22-21(23-11-10-20(26)25-15(2)3)24-13-18-9-6-16(4)12-19(18)27-14-17-7-8-17;/h6,9,12,15,17H,5,7-8,10-11,13-14H2,1-4H3,(H,25,26)(H2,22,23,24);1H. The fourth-order valence-electron chi connectivity index (χ4n) is 2.61. The second-order valence-electron chi connectivity index (χ2n) is 7.46. The number of amides is 1. The van der Waals surface area contributed by atoms with Gasteiger partial charge in [0.05, 0.1) is 13.2 Å². The molecule has 0 spiro atoms. The number of guanidine groups is 1. The van der Waals surface area contributed by atoms with Gasteiger partial charge in [-0.1, -0.05) is 12.1 Å². The Hall–Kier alpha value is -1.51. The Bertz CT molecular complexity index is 645. The monoisotopic (exact) mass is 502 g/mol. The number of carbonyl (C=O) groups is 1. The molecule has 1 aromatic rings. The van der Waals surface area contributed by atoms with E-state index < -0.39 is 0 Å². The molecule has 28 heavy (non-hydrogen) atoms.